The van der Waals surface area contributed by atoms with E-state index in [-0.39, 0.29) is 5.41 Å². The number of hydrogen-bond donors (Lipinski definition) is 0. The summed E-state index contributed by atoms with van der Waals surface area (Å²) in [5.41, 5.74) is 19.2. The highest BCUT2D eigenvalue weighted by atomic mass is 15.1. The van der Waals surface area contributed by atoms with E-state index in [1.54, 1.807) is 0 Å². The van der Waals surface area contributed by atoms with Crippen LogP contribution in [0.3, 0.4) is 0 Å². The zero-order valence-electron chi connectivity index (χ0n) is 35.4. The number of hydrogen-bond acceptors (Lipinski definition) is 2. The molecule has 0 N–H and O–H groups in total. The van der Waals surface area contributed by atoms with Gasteiger partial charge in [-0.25, -0.2) is 0 Å². The number of allylic oxidation sites excluding steroid dienone is 2. The van der Waals surface area contributed by atoms with Crippen molar-refractivity contribution in [3.8, 4) is 33.4 Å². The Bertz CT molecular complexity index is 2560. The molecule has 0 saturated carbocycles. The normalized spacial score (nSPS) is 12.4. The van der Waals surface area contributed by atoms with E-state index in [2.05, 4.69) is 208 Å². The van der Waals surface area contributed by atoms with Crippen LogP contribution in [0, 0.1) is 6.92 Å². The van der Waals surface area contributed by atoms with Crippen LogP contribution in [-0.4, -0.2) is 6.54 Å². The van der Waals surface area contributed by atoms with Crippen LogP contribution in [0.5, 0.6) is 0 Å². The van der Waals surface area contributed by atoms with Gasteiger partial charge < -0.3 is 9.80 Å². The summed E-state index contributed by atoms with van der Waals surface area (Å²) in [4.78, 5) is 4.67. The van der Waals surface area contributed by atoms with Gasteiger partial charge in [0.1, 0.15) is 0 Å². The standard InChI is InChI=1S/C55H50N2.C2H6/c1-7-37-56(53-20-13-12-18-50(53)39(3)8-2)46-28-21-43(22-29-46)44-25-32-48(33-26-44)57(47-30-23-42(24-31-47)41-16-10-9-11-17-41)49-34-27-45-35-36-55(5,6)52-19-14-15-40(4)54(52)51(45)38-49;1-2/h7-34,38H,1-3,35-37H2,4-6H3;1-2H3. The predicted molar refractivity (Wildman–Crippen MR) is 258 cm³/mol. The summed E-state index contributed by atoms with van der Waals surface area (Å²) in [6.07, 6.45) is 5.92. The molecule has 0 saturated heterocycles. The maximum Gasteiger partial charge on any atom is 0.0493 e. The van der Waals surface area contributed by atoms with Crippen molar-refractivity contribution in [3.63, 3.8) is 0 Å². The monoisotopic (exact) mass is 768 g/mol. The van der Waals surface area contributed by atoms with E-state index >= 15 is 0 Å². The van der Waals surface area contributed by atoms with Gasteiger partial charge >= 0.3 is 0 Å². The molecule has 7 aromatic carbocycles. The molecule has 1 aliphatic rings. The molecular weight excluding hydrogens is 713 g/mol. The number of aryl methyl sites for hydroxylation is 2. The first-order chi connectivity index (χ1) is 28.8. The molecule has 59 heavy (non-hydrogen) atoms. The second-order valence-electron chi connectivity index (χ2n) is 15.7. The van der Waals surface area contributed by atoms with Gasteiger partial charge in [-0.15, -0.1) is 6.58 Å². The highest BCUT2D eigenvalue weighted by Crippen LogP contribution is 2.46. The van der Waals surface area contributed by atoms with E-state index < -0.39 is 0 Å². The van der Waals surface area contributed by atoms with Crippen LogP contribution in [0.25, 0.3) is 39.0 Å². The number of rotatable bonds is 11. The van der Waals surface area contributed by atoms with Gasteiger partial charge in [-0.3, -0.25) is 0 Å². The Labute approximate surface area is 353 Å². The molecule has 8 rings (SSSR count). The van der Waals surface area contributed by atoms with E-state index in [9.17, 15) is 0 Å². The van der Waals surface area contributed by atoms with E-state index in [0.717, 1.165) is 63.5 Å². The fourth-order valence-electron chi connectivity index (χ4n) is 8.41. The predicted octanol–water partition coefficient (Wildman–Crippen LogP) is 16.2. The first-order valence-electron chi connectivity index (χ1n) is 20.9. The Balaban J connectivity index is 0.00000260. The lowest BCUT2D eigenvalue weighted by molar-refractivity contribution is 0.485. The smallest absolute Gasteiger partial charge is 0.0493 e. The molecule has 0 radical (unpaired) electrons. The minimum atomic E-state index is 0.0938. The van der Waals surface area contributed by atoms with Gasteiger partial charge in [0.05, 0.1) is 0 Å². The summed E-state index contributed by atoms with van der Waals surface area (Å²) in [7, 11) is 0. The zero-order valence-corrected chi connectivity index (χ0v) is 35.4. The summed E-state index contributed by atoms with van der Waals surface area (Å²) in [6, 6.07) is 59.6. The van der Waals surface area contributed by atoms with Crippen LogP contribution in [0.1, 0.15) is 56.4 Å². The van der Waals surface area contributed by atoms with E-state index in [4.69, 9.17) is 0 Å². The van der Waals surface area contributed by atoms with Gasteiger partial charge in [-0.2, -0.15) is 0 Å². The van der Waals surface area contributed by atoms with Crippen molar-refractivity contribution in [2.75, 3.05) is 16.3 Å². The molecule has 0 atom stereocenters. The third-order valence-electron chi connectivity index (χ3n) is 11.6. The average molecular weight is 769 g/mol. The van der Waals surface area contributed by atoms with Crippen LogP contribution >= 0.6 is 0 Å². The van der Waals surface area contributed by atoms with E-state index in [1.807, 2.05) is 32.1 Å². The summed E-state index contributed by atoms with van der Waals surface area (Å²) < 4.78 is 0. The number of anilines is 5. The molecular formula is C57H56N2. The number of fused-ring (bicyclic) bond motifs is 3. The van der Waals surface area contributed by atoms with Crippen molar-refractivity contribution in [1.29, 1.82) is 0 Å². The third kappa shape index (κ3) is 8.36. The van der Waals surface area contributed by atoms with Crippen LogP contribution in [-0.2, 0) is 11.8 Å². The van der Waals surface area contributed by atoms with Crippen molar-refractivity contribution in [2.24, 2.45) is 0 Å². The second-order valence-corrected chi connectivity index (χ2v) is 15.7. The fraction of sp³-hybridized carbons (Fsp3) is 0.158. The number of benzene rings is 7. The number of para-hydroxylation sites is 1. The quantitative estimate of drug-likeness (QED) is 0.0955. The van der Waals surface area contributed by atoms with Gasteiger partial charge in [0.25, 0.3) is 0 Å². The van der Waals surface area contributed by atoms with Gasteiger partial charge in [-0.05, 0) is 135 Å². The van der Waals surface area contributed by atoms with Gasteiger partial charge in [0.15, 0.2) is 0 Å². The molecule has 7 aromatic rings. The molecule has 0 aromatic heterocycles. The Kier molecular flexibility index (Phi) is 12.3. The Morgan fingerprint density at radius 2 is 1.15 bits per heavy atom. The minimum absolute atomic E-state index is 0.0938. The van der Waals surface area contributed by atoms with Gasteiger partial charge in [-0.1, -0.05) is 162 Å². The molecule has 0 bridgehead atoms. The van der Waals surface area contributed by atoms with Crippen LogP contribution in [0.4, 0.5) is 28.4 Å². The van der Waals surface area contributed by atoms with Gasteiger partial charge in [0.2, 0.25) is 0 Å². The Hall–Kier alpha value is -6.64. The first kappa shape index (κ1) is 40.6. The second kappa shape index (κ2) is 17.9. The highest BCUT2D eigenvalue weighted by molar-refractivity contribution is 5.86. The summed E-state index contributed by atoms with van der Waals surface area (Å²) >= 11 is 0. The zero-order chi connectivity index (χ0) is 41.5. The van der Waals surface area contributed by atoms with Crippen LogP contribution in [0.15, 0.2) is 196 Å². The van der Waals surface area contributed by atoms with Crippen molar-refractivity contribution in [3.05, 3.63) is 218 Å². The molecule has 2 heteroatoms. The molecule has 1 aliphatic carbocycles. The van der Waals surface area contributed by atoms with Crippen LogP contribution in [0.2, 0.25) is 0 Å². The average Bonchev–Trinajstić information content (AvgIpc) is 3.40. The van der Waals surface area contributed by atoms with Crippen molar-refractivity contribution in [2.45, 2.75) is 52.9 Å². The van der Waals surface area contributed by atoms with Crippen molar-refractivity contribution >= 4 is 34.0 Å². The molecule has 294 valence electrons. The highest BCUT2D eigenvalue weighted by Gasteiger charge is 2.30. The minimum Gasteiger partial charge on any atom is -0.337 e. The largest absolute Gasteiger partial charge is 0.337 e. The molecule has 0 aliphatic heterocycles. The fourth-order valence-corrected chi connectivity index (χ4v) is 8.41. The lowest BCUT2D eigenvalue weighted by Gasteiger charge is -2.28. The SMILES string of the molecule is C=CCN(c1ccc(-c2ccc(N(c3ccc(-c4ccccc4)cc3)c3ccc4c(c3)-c3c(C)cccc3C(C)(C)CC4)cc2)cc1)c1ccccc1C(=C)C=C.CC. The van der Waals surface area contributed by atoms with Crippen molar-refractivity contribution < 1.29 is 0 Å². The van der Waals surface area contributed by atoms with E-state index in [0.29, 0.717) is 6.54 Å². The maximum absolute atomic E-state index is 4.23. The molecule has 2 nitrogen and oxygen atoms in total. The van der Waals surface area contributed by atoms with Gasteiger partial charge in [0, 0.05) is 40.5 Å². The summed E-state index contributed by atoms with van der Waals surface area (Å²) in [5, 5.41) is 0. The third-order valence-corrected chi connectivity index (χ3v) is 11.6. The van der Waals surface area contributed by atoms with Crippen LogP contribution < -0.4 is 9.80 Å². The molecule has 0 spiro atoms. The lowest BCUT2D eigenvalue weighted by Crippen LogP contribution is -2.18. The Morgan fingerprint density at radius 3 is 1.75 bits per heavy atom. The van der Waals surface area contributed by atoms with E-state index in [1.165, 1.54) is 38.9 Å². The Morgan fingerprint density at radius 1 is 0.610 bits per heavy atom. The number of nitrogens with zero attached hydrogens (tertiary/aromatic N) is 2. The molecule has 0 heterocycles. The lowest BCUT2D eigenvalue weighted by atomic mass is 9.78. The topological polar surface area (TPSA) is 6.48 Å². The summed E-state index contributed by atoms with van der Waals surface area (Å²) in [5.74, 6) is 0. The van der Waals surface area contributed by atoms with Crippen molar-refractivity contribution in [1.82, 2.24) is 0 Å². The molecule has 0 fully saturated rings. The molecule has 0 unspecified atom stereocenters. The first-order valence-corrected chi connectivity index (χ1v) is 20.9. The summed E-state index contributed by atoms with van der Waals surface area (Å²) in [6.45, 7) is 24.0. The molecule has 0 amide bonds. The maximum atomic E-state index is 4.23.